The van der Waals surface area contributed by atoms with E-state index in [-0.39, 0.29) is 6.04 Å². The molecule has 0 aliphatic carbocycles. The van der Waals surface area contributed by atoms with Gasteiger partial charge in [0.25, 0.3) is 0 Å². The van der Waals surface area contributed by atoms with E-state index >= 15 is 0 Å². The van der Waals surface area contributed by atoms with Crippen molar-refractivity contribution in [3.63, 3.8) is 0 Å². The highest BCUT2D eigenvalue weighted by atomic mass is 16.5. The van der Waals surface area contributed by atoms with Crippen LogP contribution in [0.1, 0.15) is 31.9 Å². The quantitative estimate of drug-likeness (QED) is 0.845. The predicted octanol–water partition coefficient (Wildman–Crippen LogP) is 3.58. The number of rotatable bonds is 7. The Balaban J connectivity index is 2.60. The molecule has 2 rings (SSSR count). The summed E-state index contributed by atoms with van der Waals surface area (Å²) in [6.45, 7) is 7.03. The summed E-state index contributed by atoms with van der Waals surface area (Å²) in [6.07, 6.45) is 1.12. The molecule has 0 saturated heterocycles. The van der Waals surface area contributed by atoms with Gasteiger partial charge in [-0.15, -0.1) is 0 Å². The fraction of sp³-hybridized carbons (Fsp3) is 0.444. The fourth-order valence-electron chi connectivity index (χ4n) is 3.07. The van der Waals surface area contributed by atoms with Crippen LogP contribution in [0.4, 0.5) is 0 Å². The Morgan fingerprint density at radius 1 is 1.14 bits per heavy atom. The summed E-state index contributed by atoms with van der Waals surface area (Å²) in [5, 5.41) is 2.47. The number of hydrogen-bond donors (Lipinski definition) is 1. The van der Waals surface area contributed by atoms with Crippen molar-refractivity contribution >= 4 is 10.8 Å². The largest absolute Gasteiger partial charge is 0.496 e. The predicted molar refractivity (Wildman–Crippen MR) is 89.8 cm³/mol. The Bertz CT molecular complexity index is 582. The van der Waals surface area contributed by atoms with Gasteiger partial charge in [-0.05, 0) is 36.3 Å². The number of likely N-dealkylation sites (N-methyl/N-ethyl adjacent to an activating group) is 1. The van der Waals surface area contributed by atoms with Crippen molar-refractivity contribution in [2.75, 3.05) is 26.7 Å². The van der Waals surface area contributed by atoms with E-state index in [2.05, 4.69) is 55.1 Å². The van der Waals surface area contributed by atoms with Crippen LogP contribution in [-0.4, -0.2) is 31.6 Å². The van der Waals surface area contributed by atoms with E-state index in [4.69, 9.17) is 10.5 Å². The molecule has 0 aliphatic rings. The van der Waals surface area contributed by atoms with E-state index in [0.717, 1.165) is 25.3 Å². The third-order valence-electron chi connectivity index (χ3n) is 4.06. The normalized spacial score (nSPS) is 12.8. The monoisotopic (exact) mass is 286 g/mol. The van der Waals surface area contributed by atoms with Gasteiger partial charge in [0.2, 0.25) is 0 Å². The van der Waals surface area contributed by atoms with Gasteiger partial charge in [-0.3, -0.25) is 4.90 Å². The third kappa shape index (κ3) is 3.20. The molecule has 3 nitrogen and oxygen atoms in total. The van der Waals surface area contributed by atoms with Crippen LogP contribution in [0.3, 0.4) is 0 Å². The van der Waals surface area contributed by atoms with Crippen LogP contribution in [0.15, 0.2) is 36.4 Å². The summed E-state index contributed by atoms with van der Waals surface area (Å²) in [5.41, 5.74) is 7.35. The molecular weight excluding hydrogens is 260 g/mol. The zero-order valence-electron chi connectivity index (χ0n) is 13.3. The number of fused-ring (bicyclic) bond motifs is 1. The summed E-state index contributed by atoms with van der Waals surface area (Å²) in [4.78, 5) is 2.43. The summed E-state index contributed by atoms with van der Waals surface area (Å²) < 4.78 is 5.63. The highest BCUT2D eigenvalue weighted by molar-refractivity contribution is 5.88. The summed E-state index contributed by atoms with van der Waals surface area (Å²) >= 11 is 0. The molecule has 0 aromatic heterocycles. The van der Waals surface area contributed by atoms with Gasteiger partial charge in [0.1, 0.15) is 5.75 Å². The molecule has 1 atom stereocenters. The lowest BCUT2D eigenvalue weighted by Gasteiger charge is -2.31. The van der Waals surface area contributed by atoms with E-state index in [1.54, 1.807) is 7.11 Å². The van der Waals surface area contributed by atoms with Crippen LogP contribution in [0.25, 0.3) is 10.8 Å². The molecule has 0 spiro atoms. The molecule has 114 valence electrons. The summed E-state index contributed by atoms with van der Waals surface area (Å²) in [6, 6.07) is 12.8. The minimum absolute atomic E-state index is 0.191. The number of nitrogens with zero attached hydrogens (tertiary/aromatic N) is 1. The van der Waals surface area contributed by atoms with Crippen molar-refractivity contribution in [3.8, 4) is 5.75 Å². The van der Waals surface area contributed by atoms with Gasteiger partial charge in [-0.25, -0.2) is 0 Å². The van der Waals surface area contributed by atoms with Gasteiger partial charge in [-0.2, -0.15) is 0 Å². The molecule has 0 aliphatic heterocycles. The molecular formula is C18H26N2O. The molecule has 1 unspecified atom stereocenters. The van der Waals surface area contributed by atoms with Crippen molar-refractivity contribution in [2.24, 2.45) is 5.73 Å². The highest BCUT2D eigenvalue weighted by Crippen LogP contribution is 2.35. The van der Waals surface area contributed by atoms with Crippen molar-refractivity contribution in [2.45, 2.75) is 26.3 Å². The molecule has 2 aromatic carbocycles. The second kappa shape index (κ2) is 7.43. The van der Waals surface area contributed by atoms with Crippen LogP contribution in [0.2, 0.25) is 0 Å². The molecule has 21 heavy (non-hydrogen) atoms. The number of nitrogens with two attached hydrogens (primary N) is 1. The van der Waals surface area contributed by atoms with E-state index < -0.39 is 0 Å². The van der Waals surface area contributed by atoms with Gasteiger partial charge in [-0.1, -0.05) is 44.2 Å². The first kappa shape index (κ1) is 15.8. The van der Waals surface area contributed by atoms with E-state index in [0.29, 0.717) is 6.54 Å². The first-order chi connectivity index (χ1) is 10.3. The summed E-state index contributed by atoms with van der Waals surface area (Å²) in [7, 11) is 1.73. The molecule has 0 saturated carbocycles. The second-order valence-corrected chi connectivity index (χ2v) is 5.28. The van der Waals surface area contributed by atoms with Gasteiger partial charge in [0.15, 0.2) is 0 Å². The topological polar surface area (TPSA) is 38.5 Å². The van der Waals surface area contributed by atoms with Gasteiger partial charge < -0.3 is 10.5 Å². The molecule has 2 aromatic rings. The van der Waals surface area contributed by atoms with Crippen molar-refractivity contribution in [1.82, 2.24) is 4.90 Å². The minimum atomic E-state index is 0.191. The number of methoxy groups -OCH3 is 1. The average molecular weight is 286 g/mol. The lowest BCUT2D eigenvalue weighted by atomic mass is 9.96. The molecule has 0 amide bonds. The van der Waals surface area contributed by atoms with Crippen LogP contribution in [0, 0.1) is 0 Å². The molecule has 0 fully saturated rings. The van der Waals surface area contributed by atoms with Gasteiger partial charge in [0.05, 0.1) is 13.2 Å². The first-order valence-corrected chi connectivity index (χ1v) is 7.76. The van der Waals surface area contributed by atoms with Crippen LogP contribution in [0.5, 0.6) is 5.75 Å². The first-order valence-electron chi connectivity index (χ1n) is 7.76. The van der Waals surface area contributed by atoms with Crippen molar-refractivity contribution < 1.29 is 4.74 Å². The lowest BCUT2D eigenvalue weighted by Crippen LogP contribution is -2.34. The minimum Gasteiger partial charge on any atom is -0.496 e. The van der Waals surface area contributed by atoms with Crippen LogP contribution in [-0.2, 0) is 0 Å². The SMILES string of the molecule is CCCN(CC)C(CN)c1c(OC)ccc2ccccc12. The van der Waals surface area contributed by atoms with E-state index in [1.807, 2.05) is 0 Å². The molecule has 0 bridgehead atoms. The fourth-order valence-corrected chi connectivity index (χ4v) is 3.07. The smallest absolute Gasteiger partial charge is 0.124 e. The highest BCUT2D eigenvalue weighted by Gasteiger charge is 2.22. The van der Waals surface area contributed by atoms with E-state index in [1.165, 1.54) is 16.3 Å². The van der Waals surface area contributed by atoms with Gasteiger partial charge in [0, 0.05) is 12.1 Å². The summed E-state index contributed by atoms with van der Waals surface area (Å²) in [5.74, 6) is 0.929. The Morgan fingerprint density at radius 2 is 1.90 bits per heavy atom. The number of benzene rings is 2. The zero-order chi connectivity index (χ0) is 15.2. The Kier molecular flexibility index (Phi) is 5.59. The maximum Gasteiger partial charge on any atom is 0.124 e. The van der Waals surface area contributed by atoms with Gasteiger partial charge >= 0.3 is 0 Å². The standard InChI is InChI=1S/C18H26N2O/c1-4-12-20(5-2)16(13-19)18-15-9-7-6-8-14(15)10-11-17(18)21-3/h6-11,16H,4-5,12-13,19H2,1-3H3. The lowest BCUT2D eigenvalue weighted by molar-refractivity contribution is 0.210. The van der Waals surface area contributed by atoms with E-state index in [9.17, 15) is 0 Å². The van der Waals surface area contributed by atoms with Crippen LogP contribution >= 0.6 is 0 Å². The molecule has 2 N–H and O–H groups in total. The Morgan fingerprint density at radius 3 is 2.52 bits per heavy atom. The molecule has 0 heterocycles. The van der Waals surface area contributed by atoms with Crippen molar-refractivity contribution in [1.29, 1.82) is 0 Å². The second-order valence-electron chi connectivity index (χ2n) is 5.28. The van der Waals surface area contributed by atoms with Crippen LogP contribution < -0.4 is 10.5 Å². The third-order valence-corrected chi connectivity index (χ3v) is 4.06. The Hall–Kier alpha value is -1.58. The molecule has 0 radical (unpaired) electrons. The maximum absolute atomic E-state index is 6.13. The molecule has 3 heteroatoms. The zero-order valence-corrected chi connectivity index (χ0v) is 13.3. The number of ether oxygens (including phenoxy) is 1. The maximum atomic E-state index is 6.13. The van der Waals surface area contributed by atoms with Crippen molar-refractivity contribution in [3.05, 3.63) is 42.0 Å². The average Bonchev–Trinajstić information content (AvgIpc) is 2.54. The number of hydrogen-bond acceptors (Lipinski definition) is 3. The Labute approximate surface area is 127 Å².